The number of amides is 1. The van der Waals surface area contributed by atoms with E-state index < -0.39 is 22.0 Å². The van der Waals surface area contributed by atoms with Crippen LogP contribution in [0.25, 0.3) is 0 Å². The first-order valence-electron chi connectivity index (χ1n) is 7.92. The summed E-state index contributed by atoms with van der Waals surface area (Å²) >= 11 is 0. The van der Waals surface area contributed by atoms with Crippen molar-refractivity contribution in [1.82, 2.24) is 10.0 Å². The molecule has 1 unspecified atom stereocenters. The number of halogens is 1. The van der Waals surface area contributed by atoms with Gasteiger partial charge in [0.05, 0.1) is 18.0 Å². The summed E-state index contributed by atoms with van der Waals surface area (Å²) in [6.45, 7) is 3.36. The van der Waals surface area contributed by atoms with E-state index in [1.807, 2.05) is 0 Å². The number of hydrogen-bond acceptors (Lipinski definition) is 4. The summed E-state index contributed by atoms with van der Waals surface area (Å²) in [6, 6.07) is 9.15. The predicted octanol–water partition coefficient (Wildman–Crippen LogP) is 2.13. The molecule has 1 atom stereocenters. The molecule has 0 bridgehead atoms. The SMILES string of the molecule is COc1ccc(S(=O)(=O)NC(C)C(=O)NCc2ccc(F)cc2)cc1C. The average Bonchev–Trinajstić information content (AvgIpc) is 2.60. The van der Waals surface area contributed by atoms with Crippen molar-refractivity contribution in [2.24, 2.45) is 0 Å². The number of sulfonamides is 1. The fourth-order valence-corrected chi connectivity index (χ4v) is 3.60. The van der Waals surface area contributed by atoms with Crippen LogP contribution in [-0.4, -0.2) is 27.5 Å². The summed E-state index contributed by atoms with van der Waals surface area (Å²) in [7, 11) is -2.35. The monoisotopic (exact) mass is 380 g/mol. The van der Waals surface area contributed by atoms with Gasteiger partial charge in [-0.15, -0.1) is 0 Å². The first-order chi connectivity index (χ1) is 12.2. The molecule has 0 saturated carbocycles. The second-order valence-corrected chi connectivity index (χ2v) is 7.53. The third-order valence-electron chi connectivity index (χ3n) is 3.78. The molecule has 2 aromatic rings. The lowest BCUT2D eigenvalue weighted by Gasteiger charge is -2.15. The van der Waals surface area contributed by atoms with Crippen molar-refractivity contribution >= 4 is 15.9 Å². The Morgan fingerprint density at radius 1 is 1.19 bits per heavy atom. The van der Waals surface area contributed by atoms with E-state index in [2.05, 4.69) is 10.0 Å². The standard InChI is InChI=1S/C18H21FN2O4S/c1-12-10-16(8-9-17(12)25-3)26(23,24)21-13(2)18(22)20-11-14-4-6-15(19)7-5-14/h4-10,13,21H,11H2,1-3H3,(H,20,22). The van der Waals surface area contributed by atoms with Gasteiger partial charge in [0, 0.05) is 6.54 Å². The van der Waals surface area contributed by atoms with Crippen LogP contribution in [0.4, 0.5) is 4.39 Å². The lowest BCUT2D eigenvalue weighted by Crippen LogP contribution is -2.44. The van der Waals surface area contributed by atoms with Gasteiger partial charge in [-0.05, 0) is 55.3 Å². The van der Waals surface area contributed by atoms with Gasteiger partial charge in [-0.2, -0.15) is 4.72 Å². The molecule has 2 aromatic carbocycles. The van der Waals surface area contributed by atoms with Crippen molar-refractivity contribution < 1.29 is 22.3 Å². The summed E-state index contributed by atoms with van der Waals surface area (Å²) in [5, 5.41) is 2.61. The lowest BCUT2D eigenvalue weighted by molar-refractivity contribution is -0.122. The fraction of sp³-hybridized carbons (Fsp3) is 0.278. The zero-order valence-corrected chi connectivity index (χ0v) is 15.6. The van der Waals surface area contributed by atoms with Gasteiger partial charge in [0.25, 0.3) is 0 Å². The lowest BCUT2D eigenvalue weighted by atomic mass is 10.2. The molecule has 0 aliphatic rings. The van der Waals surface area contributed by atoms with Crippen LogP contribution in [0, 0.1) is 12.7 Å². The molecular weight excluding hydrogens is 359 g/mol. The smallest absolute Gasteiger partial charge is 0.241 e. The van der Waals surface area contributed by atoms with E-state index in [0.29, 0.717) is 16.9 Å². The van der Waals surface area contributed by atoms with E-state index in [0.717, 1.165) is 0 Å². The minimum Gasteiger partial charge on any atom is -0.496 e. The topological polar surface area (TPSA) is 84.5 Å². The number of hydrogen-bond donors (Lipinski definition) is 2. The van der Waals surface area contributed by atoms with Crippen molar-refractivity contribution in [3.63, 3.8) is 0 Å². The predicted molar refractivity (Wildman–Crippen MR) is 95.8 cm³/mol. The van der Waals surface area contributed by atoms with Crippen LogP contribution >= 0.6 is 0 Å². The minimum absolute atomic E-state index is 0.0500. The van der Waals surface area contributed by atoms with Crippen molar-refractivity contribution in [2.45, 2.75) is 31.3 Å². The molecule has 0 aliphatic carbocycles. The van der Waals surface area contributed by atoms with Crippen molar-refractivity contribution in [2.75, 3.05) is 7.11 Å². The normalized spacial score (nSPS) is 12.5. The summed E-state index contributed by atoms with van der Waals surface area (Å²) in [5.74, 6) is -0.270. The van der Waals surface area contributed by atoms with Crippen LogP contribution in [0.3, 0.4) is 0 Å². The Bertz CT molecular complexity index is 883. The molecule has 0 radical (unpaired) electrons. The van der Waals surface area contributed by atoms with Gasteiger partial charge in [0.15, 0.2) is 0 Å². The Labute approximate surface area is 152 Å². The second kappa shape index (κ2) is 8.29. The summed E-state index contributed by atoms with van der Waals surface area (Å²) in [6.07, 6.45) is 0. The van der Waals surface area contributed by atoms with E-state index in [1.165, 1.54) is 38.3 Å². The number of carbonyl (C=O) groups excluding carboxylic acids is 1. The van der Waals surface area contributed by atoms with Crippen LogP contribution in [0.5, 0.6) is 5.75 Å². The Balaban J connectivity index is 2.00. The Kier molecular flexibility index (Phi) is 6.33. The van der Waals surface area contributed by atoms with Crippen molar-refractivity contribution in [1.29, 1.82) is 0 Å². The molecule has 140 valence electrons. The van der Waals surface area contributed by atoms with Crippen LogP contribution in [0.2, 0.25) is 0 Å². The zero-order valence-electron chi connectivity index (χ0n) is 14.7. The molecule has 0 fully saturated rings. The first-order valence-corrected chi connectivity index (χ1v) is 9.40. The molecule has 2 rings (SSSR count). The maximum Gasteiger partial charge on any atom is 0.241 e. The molecule has 0 saturated heterocycles. The fourth-order valence-electron chi connectivity index (χ4n) is 2.32. The third-order valence-corrected chi connectivity index (χ3v) is 5.32. The van der Waals surface area contributed by atoms with E-state index in [-0.39, 0.29) is 17.3 Å². The highest BCUT2D eigenvalue weighted by atomic mass is 32.2. The molecule has 0 aliphatic heterocycles. The Morgan fingerprint density at radius 2 is 1.85 bits per heavy atom. The number of ether oxygens (including phenoxy) is 1. The van der Waals surface area contributed by atoms with E-state index in [4.69, 9.17) is 4.74 Å². The van der Waals surface area contributed by atoms with Crippen LogP contribution in [0.15, 0.2) is 47.4 Å². The van der Waals surface area contributed by atoms with Gasteiger partial charge < -0.3 is 10.1 Å². The van der Waals surface area contributed by atoms with Crippen LogP contribution in [-0.2, 0) is 21.4 Å². The number of carbonyl (C=O) groups is 1. The Hall–Kier alpha value is -2.45. The van der Waals surface area contributed by atoms with Gasteiger partial charge in [-0.3, -0.25) is 4.79 Å². The number of rotatable bonds is 7. The van der Waals surface area contributed by atoms with Crippen molar-refractivity contribution in [3.8, 4) is 5.75 Å². The van der Waals surface area contributed by atoms with E-state index in [1.54, 1.807) is 25.1 Å². The Morgan fingerprint density at radius 3 is 2.42 bits per heavy atom. The third kappa shape index (κ3) is 5.03. The number of nitrogens with one attached hydrogen (secondary N) is 2. The molecule has 0 spiro atoms. The van der Waals surface area contributed by atoms with Gasteiger partial charge in [-0.1, -0.05) is 12.1 Å². The molecule has 6 nitrogen and oxygen atoms in total. The summed E-state index contributed by atoms with van der Waals surface area (Å²) in [5.41, 5.74) is 1.38. The molecule has 8 heteroatoms. The second-order valence-electron chi connectivity index (χ2n) is 5.82. The quantitative estimate of drug-likeness (QED) is 0.771. The molecule has 0 heterocycles. The van der Waals surface area contributed by atoms with Gasteiger partial charge in [0.2, 0.25) is 15.9 Å². The summed E-state index contributed by atoms with van der Waals surface area (Å²) < 4.78 is 45.2. The molecule has 2 N–H and O–H groups in total. The van der Waals surface area contributed by atoms with Gasteiger partial charge >= 0.3 is 0 Å². The van der Waals surface area contributed by atoms with Gasteiger partial charge in [-0.25, -0.2) is 12.8 Å². The van der Waals surface area contributed by atoms with Crippen LogP contribution < -0.4 is 14.8 Å². The average molecular weight is 380 g/mol. The number of methoxy groups -OCH3 is 1. The van der Waals surface area contributed by atoms with Gasteiger partial charge in [0.1, 0.15) is 11.6 Å². The highest BCUT2D eigenvalue weighted by Crippen LogP contribution is 2.21. The van der Waals surface area contributed by atoms with Crippen molar-refractivity contribution in [3.05, 3.63) is 59.4 Å². The molecule has 1 amide bonds. The number of aryl methyl sites for hydroxylation is 1. The highest BCUT2D eigenvalue weighted by molar-refractivity contribution is 7.89. The molecule has 0 aromatic heterocycles. The van der Waals surface area contributed by atoms with E-state index in [9.17, 15) is 17.6 Å². The minimum atomic E-state index is -3.86. The maximum absolute atomic E-state index is 12.9. The molecule has 26 heavy (non-hydrogen) atoms. The zero-order chi connectivity index (χ0) is 19.3. The summed E-state index contributed by atoms with van der Waals surface area (Å²) in [4.78, 5) is 12.2. The van der Waals surface area contributed by atoms with Crippen LogP contribution in [0.1, 0.15) is 18.1 Å². The number of benzene rings is 2. The maximum atomic E-state index is 12.9. The van der Waals surface area contributed by atoms with E-state index >= 15 is 0 Å². The molecular formula is C18H21FN2O4S. The highest BCUT2D eigenvalue weighted by Gasteiger charge is 2.22. The first kappa shape index (κ1) is 19.9. The largest absolute Gasteiger partial charge is 0.496 e.